The van der Waals surface area contributed by atoms with Gasteiger partial charge in [-0.15, -0.1) is 0 Å². The molecule has 0 atom stereocenters. The first kappa shape index (κ1) is 18.0. The van der Waals surface area contributed by atoms with E-state index < -0.39 is 0 Å². The lowest BCUT2D eigenvalue weighted by molar-refractivity contribution is 0.0938. The van der Waals surface area contributed by atoms with Gasteiger partial charge in [0.15, 0.2) is 5.11 Å². The highest BCUT2D eigenvalue weighted by atomic mass is 32.1. The Morgan fingerprint density at radius 2 is 1.65 bits per heavy atom. The van der Waals surface area contributed by atoms with Crippen LogP contribution in [0.3, 0.4) is 0 Å². The highest BCUT2D eigenvalue weighted by Gasteiger charge is 2.22. The van der Waals surface area contributed by atoms with E-state index in [-0.39, 0.29) is 5.91 Å². The predicted octanol–water partition coefficient (Wildman–Crippen LogP) is 2.42. The largest absolute Gasteiger partial charge is 0.490 e. The number of hydrogen-bond acceptors (Lipinski definition) is 4. The number of hydrogen-bond donors (Lipinski definition) is 3. The summed E-state index contributed by atoms with van der Waals surface area (Å²) in [7, 11) is 0. The van der Waals surface area contributed by atoms with Crippen LogP contribution in [0.15, 0.2) is 54.6 Å². The van der Waals surface area contributed by atoms with Crippen molar-refractivity contribution in [2.75, 3.05) is 13.2 Å². The van der Waals surface area contributed by atoms with Crippen LogP contribution in [0.5, 0.6) is 11.5 Å². The molecule has 7 heteroatoms. The van der Waals surface area contributed by atoms with Crippen LogP contribution in [0.25, 0.3) is 0 Å². The first-order valence-corrected chi connectivity index (χ1v) is 8.90. The number of amides is 1. The van der Waals surface area contributed by atoms with Gasteiger partial charge in [0.05, 0.1) is 5.56 Å². The third-order valence-corrected chi connectivity index (χ3v) is 3.91. The van der Waals surface area contributed by atoms with Gasteiger partial charge < -0.3 is 14.8 Å². The van der Waals surface area contributed by atoms with E-state index >= 15 is 0 Å². The van der Waals surface area contributed by atoms with Crippen LogP contribution in [0.4, 0.5) is 0 Å². The van der Waals surface area contributed by atoms with Crippen molar-refractivity contribution in [1.82, 2.24) is 16.2 Å². The average molecular weight is 371 g/mol. The molecule has 0 heterocycles. The number of rotatable bonds is 7. The Balaban J connectivity index is 1.46. The van der Waals surface area contributed by atoms with Gasteiger partial charge in [0.1, 0.15) is 24.7 Å². The van der Waals surface area contributed by atoms with Crippen LogP contribution in [-0.2, 0) is 0 Å². The van der Waals surface area contributed by atoms with Gasteiger partial charge in [-0.25, -0.2) is 0 Å². The molecule has 1 aliphatic rings. The Kier molecular flexibility index (Phi) is 6.27. The van der Waals surface area contributed by atoms with E-state index in [4.69, 9.17) is 21.7 Å². The summed E-state index contributed by atoms with van der Waals surface area (Å²) >= 11 is 5.12. The van der Waals surface area contributed by atoms with Crippen LogP contribution in [0, 0.1) is 0 Å². The molecule has 26 heavy (non-hydrogen) atoms. The third kappa shape index (κ3) is 5.63. The van der Waals surface area contributed by atoms with Crippen LogP contribution >= 0.6 is 12.2 Å². The number of ether oxygens (including phenoxy) is 2. The zero-order chi connectivity index (χ0) is 18.2. The maximum atomic E-state index is 12.4. The van der Waals surface area contributed by atoms with Gasteiger partial charge in [-0.05, 0) is 49.3 Å². The molecule has 0 bridgehead atoms. The molecule has 3 rings (SSSR count). The summed E-state index contributed by atoms with van der Waals surface area (Å²) in [5, 5.41) is 3.50. The molecular weight excluding hydrogens is 350 g/mol. The summed E-state index contributed by atoms with van der Waals surface area (Å²) < 4.78 is 11.3. The lowest BCUT2D eigenvalue weighted by Crippen LogP contribution is -2.47. The normalized spacial score (nSPS) is 12.8. The van der Waals surface area contributed by atoms with Gasteiger partial charge in [-0.1, -0.05) is 30.3 Å². The minimum atomic E-state index is -0.315. The Hall–Kier alpha value is -2.80. The zero-order valence-electron chi connectivity index (χ0n) is 14.2. The lowest BCUT2D eigenvalue weighted by Gasteiger charge is -2.14. The van der Waals surface area contributed by atoms with Crippen LogP contribution in [-0.4, -0.2) is 30.3 Å². The fraction of sp³-hybridized carbons (Fsp3) is 0.263. The lowest BCUT2D eigenvalue weighted by atomic mass is 10.2. The van der Waals surface area contributed by atoms with Crippen molar-refractivity contribution in [3.05, 3.63) is 60.2 Å². The molecule has 2 aromatic rings. The average Bonchev–Trinajstić information content (AvgIpc) is 3.48. The highest BCUT2D eigenvalue weighted by Crippen LogP contribution is 2.19. The molecule has 2 aromatic carbocycles. The van der Waals surface area contributed by atoms with E-state index in [2.05, 4.69) is 16.2 Å². The van der Waals surface area contributed by atoms with Gasteiger partial charge in [0.25, 0.3) is 5.91 Å². The standard InChI is InChI=1S/C19H21N3O3S/c23-18(21-22-19(26)20-14-10-11-14)16-8-4-5-9-17(16)25-13-12-24-15-6-2-1-3-7-15/h1-9,14H,10-13H2,(H,21,23)(H2,20,22,26). The van der Waals surface area contributed by atoms with Crippen LogP contribution in [0.1, 0.15) is 23.2 Å². The molecule has 0 radical (unpaired) electrons. The highest BCUT2D eigenvalue weighted by molar-refractivity contribution is 7.80. The van der Waals surface area contributed by atoms with E-state index in [9.17, 15) is 4.79 Å². The molecule has 3 N–H and O–H groups in total. The smallest absolute Gasteiger partial charge is 0.273 e. The molecule has 1 saturated carbocycles. The van der Waals surface area contributed by atoms with Gasteiger partial charge in [-0.3, -0.25) is 15.6 Å². The minimum absolute atomic E-state index is 0.315. The molecule has 1 aliphatic carbocycles. The van der Waals surface area contributed by atoms with E-state index in [1.165, 1.54) is 0 Å². The molecule has 6 nitrogen and oxygen atoms in total. The molecule has 0 unspecified atom stereocenters. The van der Waals surface area contributed by atoms with E-state index in [1.807, 2.05) is 36.4 Å². The number of nitrogens with one attached hydrogen (secondary N) is 3. The minimum Gasteiger partial charge on any atom is -0.490 e. The predicted molar refractivity (Wildman–Crippen MR) is 103 cm³/mol. The number of hydrazine groups is 1. The zero-order valence-corrected chi connectivity index (χ0v) is 15.1. The third-order valence-electron chi connectivity index (χ3n) is 3.69. The summed E-state index contributed by atoms with van der Waals surface area (Å²) in [6.45, 7) is 0.710. The second-order valence-corrected chi connectivity index (χ2v) is 6.24. The van der Waals surface area contributed by atoms with Gasteiger partial charge in [0.2, 0.25) is 0 Å². The summed E-state index contributed by atoms with van der Waals surface area (Å²) in [6, 6.07) is 17.0. The van der Waals surface area contributed by atoms with Crippen molar-refractivity contribution < 1.29 is 14.3 Å². The topological polar surface area (TPSA) is 71.6 Å². The van der Waals surface area contributed by atoms with Crippen molar-refractivity contribution in [2.45, 2.75) is 18.9 Å². The second-order valence-electron chi connectivity index (χ2n) is 5.83. The van der Waals surface area contributed by atoms with E-state index in [1.54, 1.807) is 18.2 Å². The van der Waals surface area contributed by atoms with Crippen LogP contribution < -0.4 is 25.6 Å². The molecule has 0 spiro atoms. The van der Waals surface area contributed by atoms with Crippen molar-refractivity contribution >= 4 is 23.2 Å². The Bertz CT molecular complexity index is 751. The maximum Gasteiger partial charge on any atom is 0.273 e. The molecule has 0 aromatic heterocycles. The number of carbonyl (C=O) groups is 1. The summed E-state index contributed by atoms with van der Waals surface area (Å²) in [4.78, 5) is 12.4. The maximum absolute atomic E-state index is 12.4. The molecule has 1 amide bonds. The number of carbonyl (C=O) groups excluding carboxylic acids is 1. The molecule has 136 valence electrons. The monoisotopic (exact) mass is 371 g/mol. The number of benzene rings is 2. The van der Waals surface area contributed by atoms with E-state index in [0.717, 1.165) is 18.6 Å². The van der Waals surface area contributed by atoms with Crippen molar-refractivity contribution in [3.8, 4) is 11.5 Å². The Labute approximate surface area is 157 Å². The van der Waals surface area contributed by atoms with E-state index in [0.29, 0.717) is 35.7 Å². The SMILES string of the molecule is O=C(NNC(=S)NC1CC1)c1ccccc1OCCOc1ccccc1. The summed E-state index contributed by atoms with van der Waals surface area (Å²) in [6.07, 6.45) is 2.22. The summed E-state index contributed by atoms with van der Waals surface area (Å²) in [5.74, 6) is 0.956. The molecule has 1 fully saturated rings. The first-order chi connectivity index (χ1) is 12.7. The van der Waals surface area contributed by atoms with Gasteiger partial charge in [0, 0.05) is 6.04 Å². The van der Waals surface area contributed by atoms with Gasteiger partial charge >= 0.3 is 0 Å². The van der Waals surface area contributed by atoms with Gasteiger partial charge in [-0.2, -0.15) is 0 Å². The van der Waals surface area contributed by atoms with Crippen molar-refractivity contribution in [2.24, 2.45) is 0 Å². The quantitative estimate of drug-likeness (QED) is 0.394. The Morgan fingerprint density at radius 3 is 2.42 bits per heavy atom. The van der Waals surface area contributed by atoms with Crippen molar-refractivity contribution in [1.29, 1.82) is 0 Å². The molecule has 0 saturated heterocycles. The molecular formula is C19H21N3O3S. The number of thiocarbonyl (C=S) groups is 1. The Morgan fingerprint density at radius 1 is 0.962 bits per heavy atom. The fourth-order valence-electron chi connectivity index (χ4n) is 2.24. The first-order valence-electron chi connectivity index (χ1n) is 8.49. The fourth-order valence-corrected chi connectivity index (χ4v) is 2.46. The summed E-state index contributed by atoms with van der Waals surface area (Å²) in [5.41, 5.74) is 5.72. The van der Waals surface area contributed by atoms with Crippen molar-refractivity contribution in [3.63, 3.8) is 0 Å². The number of para-hydroxylation sites is 2. The van der Waals surface area contributed by atoms with Crippen LogP contribution in [0.2, 0.25) is 0 Å². The second kappa shape index (κ2) is 9.05. The molecule has 0 aliphatic heterocycles.